The molecule has 0 saturated carbocycles. The topological polar surface area (TPSA) is 22.1 Å². The Morgan fingerprint density at radius 1 is 1.33 bits per heavy atom. The van der Waals surface area contributed by atoms with Crippen LogP contribution in [0, 0.1) is 0 Å². The van der Waals surface area contributed by atoms with Crippen LogP contribution in [-0.2, 0) is 0 Å². The summed E-state index contributed by atoms with van der Waals surface area (Å²) in [5, 5.41) is 1.98. The van der Waals surface area contributed by atoms with Crippen LogP contribution in [0.3, 0.4) is 0 Å². The number of nitrogens with zero attached hydrogens (tertiary/aromatic N) is 1. The molecule has 2 nitrogen and oxygen atoms in total. The van der Waals surface area contributed by atoms with Gasteiger partial charge in [-0.3, -0.25) is 4.98 Å². The highest BCUT2D eigenvalue weighted by atomic mass is 79.9. The van der Waals surface area contributed by atoms with Crippen LogP contribution < -0.4 is 3.83 Å². The number of benzene rings is 1. The molecule has 0 aliphatic rings. The minimum Gasteiger partial charge on any atom is -0.416 e. The molecule has 0 aliphatic heterocycles. The smallest absolute Gasteiger partial charge is 0.179 e. The number of fused-ring (bicyclic) bond motifs is 1. The summed E-state index contributed by atoms with van der Waals surface area (Å²) in [7, 11) is 6.93. The van der Waals surface area contributed by atoms with Crippen molar-refractivity contribution in [2.75, 3.05) is 0 Å². The second-order valence-corrected chi connectivity index (χ2v) is 4.03. The number of halogens is 2. The summed E-state index contributed by atoms with van der Waals surface area (Å²) in [6.07, 6.45) is 3.43. The van der Waals surface area contributed by atoms with Gasteiger partial charge in [0.2, 0.25) is 0 Å². The molecule has 0 saturated heterocycles. The molecular weight excluding hydrogens is 298 g/mol. The first-order chi connectivity index (χ1) is 6.86. The minimum absolute atomic E-state index is 0. The summed E-state index contributed by atoms with van der Waals surface area (Å²) < 4.78 is 5.05. The zero-order valence-electron chi connectivity index (χ0n) is 6.91. The lowest BCUT2D eigenvalue weighted by Crippen LogP contribution is -1.83. The second kappa shape index (κ2) is 5.58. The van der Waals surface area contributed by atoms with E-state index in [-0.39, 0.29) is 7.43 Å². The molecule has 0 unspecified atom stereocenters. The van der Waals surface area contributed by atoms with Crippen LogP contribution in [0.15, 0.2) is 35.5 Å². The summed E-state index contributed by atoms with van der Waals surface area (Å²) in [5.41, 5.74) is 0. The van der Waals surface area contributed by atoms with E-state index in [1.165, 1.54) is 11.0 Å². The Balaban J connectivity index is 0.00000112. The molecule has 1 aromatic heterocycles. The predicted octanol–water partition coefficient (Wildman–Crippen LogP) is 4.81. The van der Waals surface area contributed by atoms with Gasteiger partial charge in [-0.15, -0.1) is 0 Å². The number of hydrogen-bond donors (Lipinski definition) is 0. The Bertz CT molecular complexity index is 427. The maximum absolute atomic E-state index is 5.76. The first-order valence-corrected chi connectivity index (χ1v) is 6.09. The van der Waals surface area contributed by atoms with Crippen molar-refractivity contribution in [3.63, 3.8) is 0 Å². The second-order valence-electron chi connectivity index (χ2n) is 2.65. The Kier molecular flexibility index (Phi) is 4.70. The standard InChI is InChI=1S/C9H5BrClNOS.CH4/c10-13-7-5-12-4-6-2-1-3-8(14-11)9(6)7;/h1-5H;1H4. The van der Waals surface area contributed by atoms with E-state index in [0.717, 1.165) is 15.7 Å². The molecule has 0 atom stereocenters. The Labute approximate surface area is 106 Å². The van der Waals surface area contributed by atoms with Gasteiger partial charge in [-0.1, -0.05) is 19.6 Å². The fraction of sp³-hybridized carbons (Fsp3) is 0.100. The van der Waals surface area contributed by atoms with Crippen molar-refractivity contribution < 1.29 is 3.83 Å². The predicted molar refractivity (Wildman–Crippen MR) is 69.7 cm³/mol. The van der Waals surface area contributed by atoms with E-state index in [1.54, 1.807) is 12.4 Å². The average Bonchev–Trinajstić information content (AvgIpc) is 2.27. The molecule has 1 heterocycles. The molecule has 15 heavy (non-hydrogen) atoms. The van der Waals surface area contributed by atoms with Crippen LogP contribution >= 0.6 is 37.9 Å². The van der Waals surface area contributed by atoms with Gasteiger partial charge >= 0.3 is 0 Å². The fourth-order valence-corrected chi connectivity index (χ4v) is 2.35. The van der Waals surface area contributed by atoms with Crippen LogP contribution in [0.5, 0.6) is 5.75 Å². The molecule has 0 amide bonds. The van der Waals surface area contributed by atoms with Gasteiger partial charge in [-0.2, -0.15) is 0 Å². The van der Waals surface area contributed by atoms with Crippen LogP contribution in [0.2, 0.25) is 0 Å². The molecule has 5 heteroatoms. The van der Waals surface area contributed by atoms with Gasteiger partial charge < -0.3 is 3.83 Å². The highest BCUT2D eigenvalue weighted by molar-refractivity contribution is 9.06. The first-order valence-electron chi connectivity index (χ1n) is 3.80. The molecule has 0 bridgehead atoms. The van der Waals surface area contributed by atoms with Gasteiger partial charge in [-0.25, -0.2) is 0 Å². The first kappa shape index (κ1) is 12.6. The summed E-state index contributed by atoms with van der Waals surface area (Å²) in [4.78, 5) is 5.01. The minimum atomic E-state index is 0. The van der Waals surface area contributed by atoms with Crippen molar-refractivity contribution in [3.05, 3.63) is 30.6 Å². The molecule has 1 aromatic carbocycles. The van der Waals surface area contributed by atoms with Crippen molar-refractivity contribution >= 4 is 48.7 Å². The van der Waals surface area contributed by atoms with Crippen molar-refractivity contribution in [2.45, 2.75) is 12.3 Å². The van der Waals surface area contributed by atoms with E-state index in [0.29, 0.717) is 5.75 Å². The Hall–Kier alpha value is -0.450. The third-order valence-corrected chi connectivity index (χ3v) is 3.23. The van der Waals surface area contributed by atoms with E-state index in [4.69, 9.17) is 14.5 Å². The SMILES string of the molecule is C.ClSc1cccc2cncc(OBr)c12. The molecule has 0 aliphatic carbocycles. The van der Waals surface area contributed by atoms with Crippen LogP contribution in [0.4, 0.5) is 0 Å². The molecule has 2 rings (SSSR count). The van der Waals surface area contributed by atoms with Crippen molar-refractivity contribution in [1.82, 2.24) is 4.98 Å². The van der Waals surface area contributed by atoms with E-state index in [1.807, 2.05) is 18.2 Å². The number of hydrogen-bond acceptors (Lipinski definition) is 3. The highest BCUT2D eigenvalue weighted by Crippen LogP contribution is 2.36. The van der Waals surface area contributed by atoms with Gasteiger partial charge in [0.05, 0.1) is 6.20 Å². The van der Waals surface area contributed by atoms with Crippen LogP contribution in [-0.4, -0.2) is 4.98 Å². The highest BCUT2D eigenvalue weighted by Gasteiger charge is 2.07. The molecule has 0 spiro atoms. The maximum Gasteiger partial charge on any atom is 0.179 e. The van der Waals surface area contributed by atoms with E-state index in [2.05, 4.69) is 21.2 Å². The summed E-state index contributed by atoms with van der Waals surface area (Å²) in [6.45, 7) is 0. The largest absolute Gasteiger partial charge is 0.416 e. The van der Waals surface area contributed by atoms with E-state index in [9.17, 15) is 0 Å². The van der Waals surface area contributed by atoms with Crippen LogP contribution in [0.25, 0.3) is 10.8 Å². The summed E-state index contributed by atoms with van der Waals surface area (Å²) in [6, 6.07) is 5.84. The lowest BCUT2D eigenvalue weighted by molar-refractivity contribution is 0.681. The molecule has 0 fully saturated rings. The normalized spacial score (nSPS) is 9.73. The lowest BCUT2D eigenvalue weighted by Gasteiger charge is -2.05. The van der Waals surface area contributed by atoms with Gasteiger partial charge in [0.1, 0.15) is 0 Å². The summed E-state index contributed by atoms with van der Waals surface area (Å²) in [5.74, 6) is 0.672. The van der Waals surface area contributed by atoms with E-state index >= 15 is 0 Å². The van der Waals surface area contributed by atoms with Gasteiger partial charge in [0.25, 0.3) is 0 Å². The number of rotatable bonds is 2. The molecular formula is C10H9BrClNOS. The van der Waals surface area contributed by atoms with Gasteiger partial charge in [-0.05, 0) is 27.7 Å². The third kappa shape index (κ3) is 2.38. The summed E-state index contributed by atoms with van der Waals surface area (Å²) >= 11 is 2.95. The molecule has 0 N–H and O–H groups in total. The van der Waals surface area contributed by atoms with Gasteiger partial charge in [0, 0.05) is 21.9 Å². The number of pyridine rings is 1. The third-order valence-electron chi connectivity index (χ3n) is 1.88. The quantitative estimate of drug-likeness (QED) is 0.795. The van der Waals surface area contributed by atoms with Crippen molar-refractivity contribution in [2.24, 2.45) is 0 Å². The van der Waals surface area contributed by atoms with Crippen LogP contribution in [0.1, 0.15) is 7.43 Å². The Morgan fingerprint density at radius 2 is 2.13 bits per heavy atom. The molecule has 2 aromatic rings. The lowest BCUT2D eigenvalue weighted by atomic mass is 10.2. The average molecular weight is 307 g/mol. The zero-order valence-corrected chi connectivity index (χ0v) is 10.1. The molecule has 0 radical (unpaired) electrons. The van der Waals surface area contributed by atoms with Crippen molar-refractivity contribution in [3.8, 4) is 5.75 Å². The zero-order chi connectivity index (χ0) is 9.97. The van der Waals surface area contributed by atoms with E-state index < -0.39 is 0 Å². The fourth-order valence-electron chi connectivity index (χ4n) is 1.29. The molecule has 80 valence electrons. The van der Waals surface area contributed by atoms with Crippen molar-refractivity contribution in [1.29, 1.82) is 0 Å². The maximum atomic E-state index is 5.76. The number of aromatic nitrogens is 1. The van der Waals surface area contributed by atoms with Gasteiger partial charge in [0.15, 0.2) is 22.0 Å². The Morgan fingerprint density at radius 3 is 2.80 bits per heavy atom. The monoisotopic (exact) mass is 305 g/mol.